The van der Waals surface area contributed by atoms with Gasteiger partial charge in [-0.25, -0.2) is 4.39 Å². The molecule has 1 fully saturated rings. The van der Waals surface area contributed by atoms with Gasteiger partial charge in [-0.3, -0.25) is 0 Å². The molecule has 21 heavy (non-hydrogen) atoms. The Morgan fingerprint density at radius 2 is 2.00 bits per heavy atom. The van der Waals surface area contributed by atoms with Crippen LogP contribution in [-0.2, 0) is 9.31 Å². The highest BCUT2D eigenvalue weighted by Gasteiger charge is 2.53. The van der Waals surface area contributed by atoms with Gasteiger partial charge in [0.25, 0.3) is 0 Å². The van der Waals surface area contributed by atoms with Crippen LogP contribution in [0.3, 0.4) is 0 Å². The van der Waals surface area contributed by atoms with Crippen molar-refractivity contribution in [2.75, 3.05) is 6.54 Å². The van der Waals surface area contributed by atoms with Gasteiger partial charge in [0.2, 0.25) is 0 Å². The van der Waals surface area contributed by atoms with Gasteiger partial charge in [0, 0.05) is 15.4 Å². The summed E-state index contributed by atoms with van der Waals surface area (Å²) in [5.74, 6) is 0. The van der Waals surface area contributed by atoms with Gasteiger partial charge in [0.1, 0.15) is 5.73 Å². The Hall–Kier alpha value is -1.34. The second-order valence-electron chi connectivity index (χ2n) is 5.78. The molecule has 2 heterocycles. The Morgan fingerprint density at radius 1 is 1.38 bits per heavy atom. The van der Waals surface area contributed by atoms with Gasteiger partial charge in [0.05, 0.1) is 17.7 Å². The number of hydrogen-bond donors (Lipinski definition) is 0. The van der Waals surface area contributed by atoms with E-state index in [1.165, 1.54) is 11.3 Å². The van der Waals surface area contributed by atoms with Crippen LogP contribution in [0.5, 0.6) is 0 Å². The van der Waals surface area contributed by atoms with Gasteiger partial charge in [-0.2, -0.15) is 0 Å². The zero-order chi connectivity index (χ0) is 15.7. The molecule has 1 saturated heterocycles. The molecule has 1 aromatic rings. The van der Waals surface area contributed by atoms with Gasteiger partial charge < -0.3 is 9.31 Å². The lowest BCUT2D eigenvalue weighted by Gasteiger charge is -2.32. The summed E-state index contributed by atoms with van der Waals surface area (Å²) in [5.41, 5.74) is 7.01. The van der Waals surface area contributed by atoms with Crippen molar-refractivity contribution in [2.45, 2.75) is 38.9 Å². The van der Waals surface area contributed by atoms with Crippen LogP contribution in [0.25, 0.3) is 16.0 Å². The summed E-state index contributed by atoms with van der Waals surface area (Å²) in [5, 5.41) is 5.31. The maximum absolute atomic E-state index is 14.8. The van der Waals surface area contributed by atoms with Crippen molar-refractivity contribution in [3.05, 3.63) is 38.6 Å². The number of azide groups is 1. The predicted molar refractivity (Wildman–Crippen MR) is 82.4 cm³/mol. The molecule has 0 bridgehead atoms. The van der Waals surface area contributed by atoms with Crippen LogP contribution in [0.15, 0.2) is 28.4 Å². The fourth-order valence-electron chi connectivity index (χ4n) is 1.91. The SMILES string of the molecule is CC1(C)OB(C(F)=C(CN=[N+]=[N-])c2cccs2)OC1(C)C. The fraction of sp³-hybridized carbons (Fsp3) is 0.538. The number of rotatable bonds is 4. The average molecular weight is 309 g/mol. The molecule has 0 radical (unpaired) electrons. The van der Waals surface area contributed by atoms with E-state index in [9.17, 15) is 4.39 Å². The standard InChI is InChI=1S/C13H17BFN3O2S/c1-12(2)13(3,4)20-14(19-12)11(15)9(8-17-18-16)10-6-5-7-21-10/h5-7H,8H2,1-4H3. The molecular weight excluding hydrogens is 292 g/mol. The molecule has 1 aliphatic rings. The van der Waals surface area contributed by atoms with Gasteiger partial charge in [-0.05, 0) is 44.7 Å². The van der Waals surface area contributed by atoms with E-state index in [1.54, 1.807) is 6.07 Å². The van der Waals surface area contributed by atoms with Crippen LogP contribution in [-0.4, -0.2) is 24.9 Å². The summed E-state index contributed by atoms with van der Waals surface area (Å²) in [6.07, 6.45) is 0. The highest BCUT2D eigenvalue weighted by atomic mass is 32.1. The second-order valence-corrected chi connectivity index (χ2v) is 6.73. The van der Waals surface area contributed by atoms with Crippen LogP contribution in [0, 0.1) is 0 Å². The van der Waals surface area contributed by atoms with Crippen molar-refractivity contribution in [1.29, 1.82) is 0 Å². The summed E-state index contributed by atoms with van der Waals surface area (Å²) in [6, 6.07) is 3.59. The fourth-order valence-corrected chi connectivity index (χ4v) is 2.68. The zero-order valence-corrected chi connectivity index (χ0v) is 13.3. The molecule has 0 aliphatic carbocycles. The number of thiophene rings is 1. The molecular formula is C13H17BFN3O2S. The minimum absolute atomic E-state index is 0.0765. The van der Waals surface area contributed by atoms with Crippen LogP contribution >= 0.6 is 11.3 Å². The van der Waals surface area contributed by atoms with Gasteiger partial charge >= 0.3 is 7.12 Å². The van der Waals surface area contributed by atoms with Gasteiger partial charge in [-0.15, -0.1) is 11.3 Å². The molecule has 112 valence electrons. The van der Waals surface area contributed by atoms with Crippen molar-refractivity contribution >= 4 is 24.0 Å². The molecule has 1 aromatic heterocycles. The van der Waals surface area contributed by atoms with E-state index in [2.05, 4.69) is 10.0 Å². The average Bonchev–Trinajstić information content (AvgIpc) is 2.97. The monoisotopic (exact) mass is 309 g/mol. The molecule has 0 unspecified atom stereocenters. The smallest absolute Gasteiger partial charge is 0.398 e. The number of hydrogen-bond acceptors (Lipinski definition) is 4. The first-order valence-corrected chi connectivity index (χ1v) is 7.45. The minimum atomic E-state index is -1.08. The Balaban J connectivity index is 2.37. The van der Waals surface area contributed by atoms with Crippen molar-refractivity contribution in [2.24, 2.45) is 5.11 Å². The van der Waals surface area contributed by atoms with E-state index in [-0.39, 0.29) is 6.54 Å². The third kappa shape index (κ3) is 3.13. The van der Waals surface area contributed by atoms with Gasteiger partial charge in [0.15, 0.2) is 0 Å². The number of halogens is 1. The molecule has 0 N–H and O–H groups in total. The molecule has 0 amide bonds. The zero-order valence-electron chi connectivity index (χ0n) is 12.5. The van der Waals surface area contributed by atoms with E-state index < -0.39 is 24.0 Å². The minimum Gasteiger partial charge on any atom is -0.398 e. The van der Waals surface area contributed by atoms with E-state index in [4.69, 9.17) is 14.8 Å². The van der Waals surface area contributed by atoms with Crippen molar-refractivity contribution in [3.8, 4) is 0 Å². The lowest BCUT2D eigenvalue weighted by Crippen LogP contribution is -2.41. The lowest BCUT2D eigenvalue weighted by atomic mass is 9.84. The van der Waals surface area contributed by atoms with Crippen molar-refractivity contribution in [1.82, 2.24) is 0 Å². The Morgan fingerprint density at radius 3 is 2.48 bits per heavy atom. The highest BCUT2D eigenvalue weighted by molar-refractivity contribution is 7.11. The van der Waals surface area contributed by atoms with E-state index in [0.717, 1.165) is 0 Å². The van der Waals surface area contributed by atoms with Crippen LogP contribution < -0.4 is 0 Å². The molecule has 5 nitrogen and oxygen atoms in total. The molecule has 2 rings (SSSR count). The first-order chi connectivity index (χ1) is 9.78. The normalized spacial score (nSPS) is 20.9. The first-order valence-electron chi connectivity index (χ1n) is 6.57. The van der Waals surface area contributed by atoms with E-state index in [1.807, 2.05) is 39.1 Å². The maximum Gasteiger partial charge on any atom is 0.525 e. The molecule has 0 spiro atoms. The number of nitrogens with zero attached hydrogens (tertiary/aromatic N) is 3. The second kappa shape index (κ2) is 5.81. The topological polar surface area (TPSA) is 67.2 Å². The molecule has 8 heteroatoms. The molecule has 0 atom stereocenters. The first kappa shape index (κ1) is 16.0. The van der Waals surface area contributed by atoms with Gasteiger partial charge in [-0.1, -0.05) is 11.2 Å². The van der Waals surface area contributed by atoms with Crippen LogP contribution in [0.2, 0.25) is 0 Å². The molecule has 1 aliphatic heterocycles. The third-order valence-corrected chi connectivity index (χ3v) is 4.79. The highest BCUT2D eigenvalue weighted by Crippen LogP contribution is 2.40. The third-order valence-electron chi connectivity index (χ3n) is 3.86. The summed E-state index contributed by atoms with van der Waals surface area (Å²) in [4.78, 5) is 3.40. The van der Waals surface area contributed by atoms with E-state index >= 15 is 0 Å². The Kier molecular flexibility index (Phi) is 4.44. The summed E-state index contributed by atoms with van der Waals surface area (Å²) in [6.45, 7) is 7.36. The van der Waals surface area contributed by atoms with Crippen molar-refractivity contribution < 1.29 is 13.7 Å². The van der Waals surface area contributed by atoms with E-state index in [0.29, 0.717) is 10.5 Å². The summed E-state index contributed by atoms with van der Waals surface area (Å²) < 4.78 is 26.2. The summed E-state index contributed by atoms with van der Waals surface area (Å²) in [7, 11) is -1.08. The lowest BCUT2D eigenvalue weighted by molar-refractivity contribution is 0.00578. The quantitative estimate of drug-likeness (QED) is 0.359. The van der Waals surface area contributed by atoms with Crippen molar-refractivity contribution in [3.63, 3.8) is 0 Å². The molecule has 0 saturated carbocycles. The van der Waals surface area contributed by atoms with Crippen LogP contribution in [0.1, 0.15) is 32.6 Å². The summed E-state index contributed by atoms with van der Waals surface area (Å²) >= 11 is 1.38. The Bertz CT molecular complexity index is 579. The van der Waals surface area contributed by atoms with Crippen LogP contribution in [0.4, 0.5) is 4.39 Å². The Labute approximate surface area is 127 Å². The predicted octanol–water partition coefficient (Wildman–Crippen LogP) is 4.37. The molecule has 0 aromatic carbocycles. The maximum atomic E-state index is 14.8. The largest absolute Gasteiger partial charge is 0.525 e.